The van der Waals surface area contributed by atoms with Crippen molar-refractivity contribution in [1.29, 1.82) is 0 Å². The van der Waals surface area contributed by atoms with Crippen molar-refractivity contribution in [2.45, 2.75) is 39.5 Å². The van der Waals surface area contributed by atoms with E-state index in [-0.39, 0.29) is 39.6 Å². The molecule has 0 amide bonds. The molecule has 0 aromatic heterocycles. The molecule has 0 unspecified atom stereocenters. The fraction of sp³-hybridized carbons (Fsp3) is 0.889. The van der Waals surface area contributed by atoms with Crippen LogP contribution in [0, 0.1) is 0 Å². The number of phosphoric acid groups is 1. The monoisotopic (exact) mass is 442 g/mol. The summed E-state index contributed by atoms with van der Waals surface area (Å²) in [7, 11) is -3.85. The summed E-state index contributed by atoms with van der Waals surface area (Å²) in [5.41, 5.74) is 0. The molecule has 0 atom stereocenters. The number of unbranched alkanes of at least 4 members (excludes halogenated alkanes) is 2. The fourth-order valence-corrected chi connectivity index (χ4v) is 2.88. The number of rotatable bonds is 22. The third kappa shape index (κ3) is 16.7. The predicted octanol–water partition coefficient (Wildman–Crippen LogP) is 1.92. The highest BCUT2D eigenvalue weighted by atomic mass is 31.2. The van der Waals surface area contributed by atoms with Crippen LogP contribution < -0.4 is 0 Å². The largest absolute Gasteiger partial charge is 0.475 e. The van der Waals surface area contributed by atoms with Crippen molar-refractivity contribution >= 4 is 19.4 Å². The van der Waals surface area contributed by atoms with Gasteiger partial charge in [-0.2, -0.15) is 0 Å². The highest BCUT2D eigenvalue weighted by molar-refractivity contribution is 7.48. The second-order valence-electron chi connectivity index (χ2n) is 5.94. The lowest BCUT2D eigenvalue weighted by atomic mass is 10.3. The SMILES string of the molecule is CCCCOCCOP(=O)(OCCOCCCC)OCCOCC(=O)C(=O)CO. The molecule has 0 aromatic rings. The Morgan fingerprint density at radius 2 is 1.14 bits per heavy atom. The fourth-order valence-electron chi connectivity index (χ4n) is 1.77. The van der Waals surface area contributed by atoms with E-state index in [0.717, 1.165) is 25.7 Å². The molecule has 0 aliphatic carbocycles. The topological polar surface area (TPSA) is 127 Å². The lowest BCUT2D eigenvalue weighted by molar-refractivity contribution is -0.140. The van der Waals surface area contributed by atoms with E-state index in [0.29, 0.717) is 13.2 Å². The van der Waals surface area contributed by atoms with Crippen LogP contribution in [-0.4, -0.2) is 82.7 Å². The van der Waals surface area contributed by atoms with Gasteiger partial charge in [-0.15, -0.1) is 0 Å². The first-order valence-corrected chi connectivity index (χ1v) is 11.4. The summed E-state index contributed by atoms with van der Waals surface area (Å²) < 4.78 is 44.0. The average Bonchev–Trinajstić information content (AvgIpc) is 2.72. The molecule has 0 bridgehead atoms. The Labute approximate surface area is 172 Å². The molecule has 0 aliphatic heterocycles. The van der Waals surface area contributed by atoms with Crippen molar-refractivity contribution in [3.05, 3.63) is 0 Å². The first-order valence-electron chi connectivity index (χ1n) is 9.92. The van der Waals surface area contributed by atoms with Crippen LogP contribution in [-0.2, 0) is 41.9 Å². The van der Waals surface area contributed by atoms with Crippen molar-refractivity contribution in [3.63, 3.8) is 0 Å². The Morgan fingerprint density at radius 1 is 0.690 bits per heavy atom. The number of aliphatic hydroxyl groups is 1. The van der Waals surface area contributed by atoms with E-state index in [2.05, 4.69) is 0 Å². The molecule has 0 spiro atoms. The predicted molar refractivity (Wildman–Crippen MR) is 105 cm³/mol. The van der Waals surface area contributed by atoms with Gasteiger partial charge < -0.3 is 19.3 Å². The maximum atomic E-state index is 12.7. The first-order chi connectivity index (χ1) is 14.0. The molecular weight excluding hydrogens is 407 g/mol. The number of hydrogen-bond donors (Lipinski definition) is 1. The van der Waals surface area contributed by atoms with Gasteiger partial charge >= 0.3 is 7.82 Å². The Bertz CT molecular complexity index is 452. The molecule has 0 radical (unpaired) electrons. The highest BCUT2D eigenvalue weighted by Crippen LogP contribution is 2.49. The lowest BCUT2D eigenvalue weighted by Crippen LogP contribution is -2.23. The number of ketones is 2. The molecule has 1 N–H and O–H groups in total. The van der Waals surface area contributed by atoms with Crippen molar-refractivity contribution in [1.82, 2.24) is 0 Å². The third-order valence-corrected chi connectivity index (χ3v) is 4.90. The van der Waals surface area contributed by atoms with Crippen molar-refractivity contribution < 1.29 is 47.0 Å². The minimum absolute atomic E-state index is 0.0298. The van der Waals surface area contributed by atoms with Crippen molar-refractivity contribution in [2.24, 2.45) is 0 Å². The summed E-state index contributed by atoms with van der Waals surface area (Å²) >= 11 is 0. The number of carbonyl (C=O) groups excluding carboxylic acids is 2. The molecule has 0 saturated heterocycles. The van der Waals surface area contributed by atoms with E-state index in [4.69, 9.17) is 32.9 Å². The number of phosphoric ester groups is 1. The van der Waals surface area contributed by atoms with E-state index in [1.54, 1.807) is 0 Å². The highest BCUT2D eigenvalue weighted by Gasteiger charge is 2.26. The van der Waals surface area contributed by atoms with Gasteiger partial charge in [0.15, 0.2) is 0 Å². The summed E-state index contributed by atoms with van der Waals surface area (Å²) in [4.78, 5) is 22.2. The van der Waals surface area contributed by atoms with Gasteiger partial charge in [0, 0.05) is 13.2 Å². The van der Waals surface area contributed by atoms with Crippen LogP contribution in [0.25, 0.3) is 0 Å². The van der Waals surface area contributed by atoms with Crippen LogP contribution >= 0.6 is 7.82 Å². The van der Waals surface area contributed by atoms with Crippen LogP contribution in [0.4, 0.5) is 0 Å². The maximum absolute atomic E-state index is 12.7. The normalized spacial score (nSPS) is 11.7. The Kier molecular flexibility index (Phi) is 18.8. The summed E-state index contributed by atoms with van der Waals surface area (Å²) in [5, 5.41) is 8.57. The molecule has 172 valence electrons. The quantitative estimate of drug-likeness (QED) is 0.151. The maximum Gasteiger partial charge on any atom is 0.475 e. The second-order valence-corrected chi connectivity index (χ2v) is 7.60. The van der Waals surface area contributed by atoms with E-state index in [1.807, 2.05) is 13.8 Å². The van der Waals surface area contributed by atoms with Crippen LogP contribution in [0.3, 0.4) is 0 Å². The van der Waals surface area contributed by atoms with Crippen LogP contribution in [0.15, 0.2) is 0 Å². The van der Waals surface area contributed by atoms with E-state index in [9.17, 15) is 14.2 Å². The zero-order valence-electron chi connectivity index (χ0n) is 17.5. The molecule has 10 nitrogen and oxygen atoms in total. The number of ether oxygens (including phenoxy) is 3. The van der Waals surface area contributed by atoms with Gasteiger partial charge in [0.1, 0.15) is 13.2 Å². The molecule has 0 aromatic carbocycles. The van der Waals surface area contributed by atoms with Crippen molar-refractivity contribution in [3.8, 4) is 0 Å². The molecule has 0 rings (SSSR count). The number of carbonyl (C=O) groups is 2. The average molecular weight is 442 g/mol. The van der Waals surface area contributed by atoms with Crippen LogP contribution in [0.1, 0.15) is 39.5 Å². The number of hydrogen-bond acceptors (Lipinski definition) is 10. The summed E-state index contributed by atoms with van der Waals surface area (Å²) in [6, 6.07) is 0. The Hall–Kier alpha value is -0.710. The molecule has 11 heteroatoms. The zero-order chi connectivity index (χ0) is 21.8. The summed E-state index contributed by atoms with van der Waals surface area (Å²) in [6.07, 6.45) is 3.87. The summed E-state index contributed by atoms with van der Waals surface area (Å²) in [5.74, 6) is -1.79. The Morgan fingerprint density at radius 3 is 1.55 bits per heavy atom. The molecule has 0 fully saturated rings. The zero-order valence-corrected chi connectivity index (χ0v) is 18.4. The number of Topliss-reactive ketones (excluding diaryl/α,β-unsaturated/α-hetero) is 2. The van der Waals surface area contributed by atoms with E-state index >= 15 is 0 Å². The third-order valence-electron chi connectivity index (χ3n) is 3.40. The lowest BCUT2D eigenvalue weighted by Gasteiger charge is -2.18. The van der Waals surface area contributed by atoms with Gasteiger partial charge in [-0.25, -0.2) is 4.57 Å². The van der Waals surface area contributed by atoms with Gasteiger partial charge in [-0.05, 0) is 12.8 Å². The van der Waals surface area contributed by atoms with Gasteiger partial charge in [0.25, 0.3) is 0 Å². The van der Waals surface area contributed by atoms with Gasteiger partial charge in [-0.3, -0.25) is 23.2 Å². The van der Waals surface area contributed by atoms with Gasteiger partial charge in [0.05, 0.1) is 39.6 Å². The van der Waals surface area contributed by atoms with Crippen LogP contribution in [0.2, 0.25) is 0 Å². The standard InChI is InChI=1S/C18H35O10P/c1-3-5-7-23-9-12-26-29(22,27-13-10-24-8-6-4-2)28-14-11-25-16-18(21)17(20)15-19/h19H,3-16H2,1-2H3. The van der Waals surface area contributed by atoms with Crippen LogP contribution in [0.5, 0.6) is 0 Å². The molecular formula is C18H35O10P. The van der Waals surface area contributed by atoms with E-state index in [1.165, 1.54) is 0 Å². The second kappa shape index (κ2) is 19.3. The van der Waals surface area contributed by atoms with Crippen molar-refractivity contribution in [2.75, 3.05) is 66.1 Å². The first kappa shape index (κ1) is 28.3. The summed E-state index contributed by atoms with van der Waals surface area (Å²) in [6.45, 7) is 4.19. The van der Waals surface area contributed by atoms with E-state index < -0.39 is 32.6 Å². The molecule has 0 saturated carbocycles. The van der Waals surface area contributed by atoms with Gasteiger partial charge in [-0.1, -0.05) is 26.7 Å². The molecule has 29 heavy (non-hydrogen) atoms. The Balaban J connectivity index is 4.22. The minimum Gasteiger partial charge on any atom is -0.388 e. The van der Waals surface area contributed by atoms with Gasteiger partial charge in [0.2, 0.25) is 11.6 Å². The molecule has 0 heterocycles. The minimum atomic E-state index is -3.85. The molecule has 0 aliphatic rings. The number of aliphatic hydroxyl groups excluding tert-OH is 1. The smallest absolute Gasteiger partial charge is 0.388 e.